The van der Waals surface area contributed by atoms with Crippen molar-refractivity contribution in [1.29, 1.82) is 0 Å². The highest BCUT2D eigenvalue weighted by Gasteiger charge is 2.31. The molecule has 0 spiro atoms. The summed E-state index contributed by atoms with van der Waals surface area (Å²) in [5.74, 6) is 0. The van der Waals surface area contributed by atoms with E-state index in [0.717, 1.165) is 4.57 Å². The molecular weight excluding hydrogens is 311 g/mol. The number of aryl methyl sites for hydroxylation is 1. The van der Waals surface area contributed by atoms with Gasteiger partial charge in [-0.05, 0) is 19.1 Å². The summed E-state index contributed by atoms with van der Waals surface area (Å²) in [6, 6.07) is 8.32. The molecule has 0 aliphatic rings. The molecule has 0 aliphatic heterocycles. The number of hydrogen-bond donors (Lipinski definition) is 1. The van der Waals surface area contributed by atoms with Crippen molar-refractivity contribution >= 4 is 16.6 Å². The summed E-state index contributed by atoms with van der Waals surface area (Å²) in [6.07, 6.45) is -7.56. The summed E-state index contributed by atoms with van der Waals surface area (Å²) in [5, 5.41) is 14.3. The smallest absolute Gasteiger partial charge is 0.391 e. The Labute approximate surface area is 128 Å². The quantitative estimate of drug-likeness (QED) is 0.804. The van der Waals surface area contributed by atoms with Gasteiger partial charge in [-0.1, -0.05) is 12.1 Å². The molecule has 5 nitrogen and oxygen atoms in total. The molecule has 3 aromatic rings. The number of aromatic nitrogens is 3. The Balaban J connectivity index is 2.18. The van der Waals surface area contributed by atoms with E-state index >= 15 is 0 Å². The van der Waals surface area contributed by atoms with Gasteiger partial charge in [-0.3, -0.25) is 9.36 Å². The maximum Gasteiger partial charge on any atom is 0.391 e. The average Bonchev–Trinajstić information content (AvgIpc) is 2.83. The summed E-state index contributed by atoms with van der Waals surface area (Å²) in [7, 11) is 0. The molecule has 8 heteroatoms. The van der Waals surface area contributed by atoms with Crippen LogP contribution >= 0.6 is 0 Å². The maximum absolute atomic E-state index is 12.6. The van der Waals surface area contributed by atoms with Crippen LogP contribution in [0.1, 0.15) is 12.1 Å². The van der Waals surface area contributed by atoms with E-state index in [4.69, 9.17) is 0 Å². The molecule has 2 heterocycles. The summed E-state index contributed by atoms with van der Waals surface area (Å²) in [5.41, 5.74) is 1.10. The molecule has 122 valence electrons. The number of hydrogen-bond acceptors (Lipinski definition) is 3. The first-order chi connectivity index (χ1) is 10.8. The third-order valence-corrected chi connectivity index (χ3v) is 3.56. The van der Waals surface area contributed by atoms with Crippen molar-refractivity contribution in [2.24, 2.45) is 0 Å². The van der Waals surface area contributed by atoms with Crippen LogP contribution in [0.15, 0.2) is 35.1 Å². The highest BCUT2D eigenvalue weighted by molar-refractivity contribution is 5.80. The van der Waals surface area contributed by atoms with E-state index in [0.29, 0.717) is 22.2 Å². The molecule has 0 saturated heterocycles. The minimum Gasteiger partial charge on any atom is -0.391 e. The number of fused-ring (bicyclic) bond motifs is 3. The number of benzene rings is 1. The minimum absolute atomic E-state index is 0.335. The van der Waals surface area contributed by atoms with E-state index < -0.39 is 30.8 Å². The van der Waals surface area contributed by atoms with Crippen LogP contribution in [0.3, 0.4) is 0 Å². The summed E-state index contributed by atoms with van der Waals surface area (Å²) in [6.45, 7) is 1.28. The lowest BCUT2D eigenvalue weighted by Gasteiger charge is -2.16. The Morgan fingerprint density at radius 2 is 2.00 bits per heavy atom. The van der Waals surface area contributed by atoms with Crippen LogP contribution in [-0.4, -0.2) is 31.6 Å². The Morgan fingerprint density at radius 1 is 1.30 bits per heavy atom. The fourth-order valence-corrected chi connectivity index (χ4v) is 2.66. The van der Waals surface area contributed by atoms with Gasteiger partial charge in [0.05, 0.1) is 35.7 Å². The molecule has 1 atom stereocenters. The predicted molar refractivity (Wildman–Crippen MR) is 78.4 cm³/mol. The van der Waals surface area contributed by atoms with Gasteiger partial charge in [0.2, 0.25) is 0 Å². The maximum atomic E-state index is 12.6. The van der Waals surface area contributed by atoms with Crippen LogP contribution in [0.2, 0.25) is 0 Å². The van der Waals surface area contributed by atoms with Crippen molar-refractivity contribution < 1.29 is 18.3 Å². The zero-order valence-corrected chi connectivity index (χ0v) is 12.2. The molecule has 1 aromatic carbocycles. The second-order valence-electron chi connectivity index (χ2n) is 5.46. The predicted octanol–water partition coefficient (Wildman–Crippen LogP) is 2.27. The Hall–Kier alpha value is -2.35. The molecule has 2 aromatic heterocycles. The number of aliphatic hydroxyl groups is 1. The topological polar surface area (TPSA) is 59.5 Å². The molecule has 1 N–H and O–H groups in total. The standard InChI is InChI=1S/C15H14F3N3O2/c1-9-6-13-20(8-10(22)7-15(16,17)18)14(23)11-4-2-3-5-12(11)21(13)19-9/h2-6,10,22H,7-8H2,1H3/t10-/m0/s1. The first-order valence-electron chi connectivity index (χ1n) is 6.99. The Bertz CT molecular complexity index is 927. The van der Waals surface area contributed by atoms with Gasteiger partial charge in [-0.25, -0.2) is 4.52 Å². The van der Waals surface area contributed by atoms with Crippen LogP contribution in [0, 0.1) is 6.92 Å². The highest BCUT2D eigenvalue weighted by Crippen LogP contribution is 2.22. The van der Waals surface area contributed by atoms with E-state index in [2.05, 4.69) is 5.10 Å². The lowest BCUT2D eigenvalue weighted by molar-refractivity contribution is -0.154. The summed E-state index contributed by atoms with van der Waals surface area (Å²) in [4.78, 5) is 12.6. The molecule has 23 heavy (non-hydrogen) atoms. The zero-order valence-electron chi connectivity index (χ0n) is 12.2. The van der Waals surface area contributed by atoms with Crippen LogP contribution in [0.25, 0.3) is 16.6 Å². The lowest BCUT2D eigenvalue weighted by atomic mass is 10.2. The fraction of sp³-hybridized carbons (Fsp3) is 0.333. The normalized spacial score (nSPS) is 13.8. The van der Waals surface area contributed by atoms with E-state index in [-0.39, 0.29) is 0 Å². The number of alkyl halides is 3. The Morgan fingerprint density at radius 3 is 2.70 bits per heavy atom. The van der Waals surface area contributed by atoms with E-state index in [1.807, 2.05) is 0 Å². The second-order valence-corrected chi connectivity index (χ2v) is 5.46. The van der Waals surface area contributed by atoms with Gasteiger partial charge in [0.15, 0.2) is 0 Å². The number of aliphatic hydroxyl groups excluding tert-OH is 1. The third kappa shape index (κ3) is 2.94. The van der Waals surface area contributed by atoms with E-state index in [1.54, 1.807) is 37.3 Å². The zero-order chi connectivity index (χ0) is 16.8. The van der Waals surface area contributed by atoms with Crippen LogP contribution < -0.4 is 5.56 Å². The number of halogens is 3. The highest BCUT2D eigenvalue weighted by atomic mass is 19.4. The van der Waals surface area contributed by atoms with Crippen LogP contribution in [0.5, 0.6) is 0 Å². The van der Waals surface area contributed by atoms with Gasteiger partial charge < -0.3 is 5.11 Å². The minimum atomic E-state index is -4.49. The molecule has 0 fully saturated rings. The van der Waals surface area contributed by atoms with Gasteiger partial charge in [-0.15, -0.1) is 0 Å². The SMILES string of the molecule is Cc1cc2n(C[C@@H](O)CC(F)(F)F)c(=O)c3ccccc3n2n1. The van der Waals surface area contributed by atoms with Gasteiger partial charge in [0.25, 0.3) is 5.56 Å². The third-order valence-electron chi connectivity index (χ3n) is 3.56. The first-order valence-corrected chi connectivity index (χ1v) is 6.99. The number of nitrogens with zero attached hydrogens (tertiary/aromatic N) is 3. The monoisotopic (exact) mass is 325 g/mol. The van der Waals surface area contributed by atoms with Gasteiger partial charge in [0, 0.05) is 6.07 Å². The van der Waals surface area contributed by atoms with Gasteiger partial charge in [-0.2, -0.15) is 18.3 Å². The molecule has 0 amide bonds. The average molecular weight is 325 g/mol. The van der Waals surface area contributed by atoms with Crippen molar-refractivity contribution in [1.82, 2.24) is 14.2 Å². The largest absolute Gasteiger partial charge is 0.391 e. The molecule has 3 rings (SSSR count). The Kier molecular flexibility index (Phi) is 3.63. The van der Waals surface area contributed by atoms with Crippen molar-refractivity contribution in [3.05, 3.63) is 46.4 Å². The molecule has 0 saturated carbocycles. The molecule has 0 radical (unpaired) electrons. The summed E-state index contributed by atoms with van der Waals surface area (Å²) >= 11 is 0. The van der Waals surface area contributed by atoms with Gasteiger partial charge in [0.1, 0.15) is 5.65 Å². The second kappa shape index (κ2) is 5.38. The molecule has 0 bridgehead atoms. The van der Waals surface area contributed by atoms with Crippen molar-refractivity contribution in [2.75, 3.05) is 0 Å². The fourth-order valence-electron chi connectivity index (χ4n) is 2.66. The van der Waals surface area contributed by atoms with Gasteiger partial charge >= 0.3 is 6.18 Å². The van der Waals surface area contributed by atoms with Crippen molar-refractivity contribution in [2.45, 2.75) is 32.2 Å². The molecule has 0 aliphatic carbocycles. The number of rotatable bonds is 3. The molecular formula is C15H14F3N3O2. The first kappa shape index (κ1) is 15.5. The van der Waals surface area contributed by atoms with Crippen molar-refractivity contribution in [3.63, 3.8) is 0 Å². The van der Waals surface area contributed by atoms with E-state index in [1.165, 1.54) is 4.52 Å². The van der Waals surface area contributed by atoms with Crippen molar-refractivity contribution in [3.8, 4) is 0 Å². The lowest BCUT2D eigenvalue weighted by Crippen LogP contribution is -2.31. The van der Waals surface area contributed by atoms with E-state index in [9.17, 15) is 23.1 Å². The van der Waals surface area contributed by atoms with Crippen LogP contribution in [0.4, 0.5) is 13.2 Å². The molecule has 0 unspecified atom stereocenters. The van der Waals surface area contributed by atoms with Crippen LogP contribution in [-0.2, 0) is 6.54 Å². The number of para-hydroxylation sites is 1. The summed E-state index contributed by atoms with van der Waals surface area (Å²) < 4.78 is 39.9.